The van der Waals surface area contributed by atoms with E-state index >= 15 is 0 Å². The fraction of sp³-hybridized carbons (Fsp3) is 0.135. The molecule has 2 aliphatic heterocycles. The van der Waals surface area contributed by atoms with Gasteiger partial charge in [-0.3, -0.25) is 19.2 Å². The predicted octanol–water partition coefficient (Wildman–Crippen LogP) is 4.79. The molecule has 4 aromatic rings. The summed E-state index contributed by atoms with van der Waals surface area (Å²) in [4.78, 5) is 58.6. The van der Waals surface area contributed by atoms with Crippen molar-refractivity contribution in [3.63, 3.8) is 0 Å². The van der Waals surface area contributed by atoms with Crippen LogP contribution in [0, 0.1) is 11.6 Å². The Morgan fingerprint density at radius 3 is 1.96 bits per heavy atom. The van der Waals surface area contributed by atoms with Crippen LogP contribution in [0.5, 0.6) is 23.0 Å². The number of hydrogen-bond donors (Lipinski definition) is 3. The van der Waals surface area contributed by atoms with Gasteiger partial charge in [0, 0.05) is 26.2 Å². The van der Waals surface area contributed by atoms with Gasteiger partial charge in [-0.2, -0.15) is 5.06 Å². The molecule has 0 spiro atoms. The van der Waals surface area contributed by atoms with Gasteiger partial charge in [0.15, 0.2) is 17.3 Å². The molecule has 0 fully saturated rings. The van der Waals surface area contributed by atoms with Crippen LogP contribution in [0.2, 0.25) is 0 Å². The monoisotopic (exact) mass is 696 g/mol. The van der Waals surface area contributed by atoms with E-state index in [1.54, 1.807) is 66.7 Å². The minimum atomic E-state index is -1.06. The number of halogens is 2. The summed E-state index contributed by atoms with van der Waals surface area (Å²) >= 11 is 0. The zero-order valence-corrected chi connectivity index (χ0v) is 27.0. The second kappa shape index (κ2) is 14.8. The van der Waals surface area contributed by atoms with E-state index in [1.807, 2.05) is 0 Å². The summed E-state index contributed by atoms with van der Waals surface area (Å²) in [5.74, 6) is -4.13. The van der Waals surface area contributed by atoms with E-state index in [0.717, 1.165) is 0 Å². The van der Waals surface area contributed by atoms with Crippen molar-refractivity contribution in [1.29, 1.82) is 0 Å². The highest BCUT2D eigenvalue weighted by atomic mass is 19.1. The molecular weight excluding hydrogens is 666 g/mol. The van der Waals surface area contributed by atoms with E-state index in [-0.39, 0.29) is 36.5 Å². The van der Waals surface area contributed by atoms with E-state index in [2.05, 4.69) is 10.6 Å². The number of ether oxygens (including phenoxy) is 2. The lowest BCUT2D eigenvalue weighted by molar-refractivity contribution is -0.168. The first-order valence-electron chi connectivity index (χ1n) is 15.6. The molecule has 0 bridgehead atoms. The highest BCUT2D eigenvalue weighted by molar-refractivity contribution is 6.08. The van der Waals surface area contributed by atoms with Crippen LogP contribution < -0.4 is 20.1 Å². The topological polar surface area (TPSA) is 147 Å². The summed E-state index contributed by atoms with van der Waals surface area (Å²) in [7, 11) is 1.45. The van der Waals surface area contributed by atoms with E-state index in [1.165, 1.54) is 42.3 Å². The Morgan fingerprint density at radius 2 is 1.33 bits per heavy atom. The van der Waals surface area contributed by atoms with Crippen LogP contribution >= 0.6 is 0 Å². The van der Waals surface area contributed by atoms with Crippen LogP contribution in [-0.4, -0.2) is 58.8 Å². The van der Waals surface area contributed by atoms with Gasteiger partial charge >= 0.3 is 5.91 Å². The Balaban J connectivity index is 1.03. The highest BCUT2D eigenvalue weighted by Crippen LogP contribution is 2.27. The minimum absolute atomic E-state index is 0.0200. The second-order valence-electron chi connectivity index (χ2n) is 11.5. The van der Waals surface area contributed by atoms with Gasteiger partial charge in [0.25, 0.3) is 17.7 Å². The number of aliphatic hydroxyl groups is 1. The molecule has 6 rings (SSSR count). The smallest absolute Gasteiger partial charge is 0.322 e. The second-order valence-corrected chi connectivity index (χ2v) is 11.5. The molecule has 2 aliphatic rings. The number of para-hydroxylation sites is 1. The van der Waals surface area contributed by atoms with Crippen molar-refractivity contribution in [1.82, 2.24) is 20.6 Å². The molecule has 260 valence electrons. The van der Waals surface area contributed by atoms with Gasteiger partial charge in [-0.1, -0.05) is 42.5 Å². The van der Waals surface area contributed by atoms with Gasteiger partial charge in [0.2, 0.25) is 5.76 Å². The van der Waals surface area contributed by atoms with E-state index < -0.39 is 53.3 Å². The molecule has 2 heterocycles. The third kappa shape index (κ3) is 7.96. The molecule has 0 radical (unpaired) electrons. The third-order valence-corrected chi connectivity index (χ3v) is 7.83. The summed E-state index contributed by atoms with van der Waals surface area (Å²) in [6, 6.07) is 24.9. The van der Waals surface area contributed by atoms with Crippen molar-refractivity contribution < 1.29 is 47.4 Å². The van der Waals surface area contributed by atoms with Crippen LogP contribution in [0.15, 0.2) is 120 Å². The zero-order valence-electron chi connectivity index (χ0n) is 27.0. The molecule has 4 amide bonds. The van der Waals surface area contributed by atoms with Crippen molar-refractivity contribution in [3.05, 3.63) is 142 Å². The number of aliphatic hydroxyl groups excluding tert-OH is 1. The van der Waals surface area contributed by atoms with Crippen molar-refractivity contribution in [2.24, 2.45) is 0 Å². The van der Waals surface area contributed by atoms with Gasteiger partial charge in [-0.15, -0.1) is 0 Å². The lowest BCUT2D eigenvalue weighted by atomic mass is 10.2. The summed E-state index contributed by atoms with van der Waals surface area (Å²) < 4.78 is 38.5. The van der Waals surface area contributed by atoms with Gasteiger partial charge < -0.3 is 35.0 Å². The molecule has 14 heteroatoms. The SMILES string of the molecule is CN1CC(C(=O)NCc2ccc(Oc3cccc(F)c3)cc2)=C(ON2CC(C(=O)NCc3ccc(Oc4ccccc4F)cc3)=C(O)C2=O)C1=O. The lowest BCUT2D eigenvalue weighted by Crippen LogP contribution is -2.32. The number of hydroxylamine groups is 2. The van der Waals surface area contributed by atoms with Crippen molar-refractivity contribution in [2.75, 3.05) is 20.1 Å². The first-order chi connectivity index (χ1) is 24.5. The molecular formula is C37H30F2N4O8. The first-order valence-corrected chi connectivity index (χ1v) is 15.6. The standard InChI is InChI=1S/C37H30F2N4O8/c1-42-20-29(35(46)41-19-22-9-13-25(14-10-22)49-27-6-4-5-24(38)17-27)33(37(42)48)51-43-21-28(32(44)36(43)47)34(45)40-18-23-11-15-26(16-12-23)50-31-8-3-2-7-30(31)39/h2-17,44H,18-21H2,1H3,(H,40,45)(H,41,46). The number of carbonyl (C=O) groups excluding carboxylic acids is 4. The van der Waals surface area contributed by atoms with Crippen molar-refractivity contribution >= 4 is 23.6 Å². The normalized spacial score (nSPS) is 14.3. The fourth-order valence-electron chi connectivity index (χ4n) is 5.10. The molecule has 3 N–H and O–H groups in total. The summed E-state index contributed by atoms with van der Waals surface area (Å²) in [6.07, 6.45) is 0. The summed E-state index contributed by atoms with van der Waals surface area (Å²) in [6.45, 7) is -0.513. The average Bonchev–Trinajstić information content (AvgIpc) is 3.57. The molecule has 4 aromatic carbocycles. The van der Waals surface area contributed by atoms with Crippen LogP contribution in [0.3, 0.4) is 0 Å². The number of rotatable bonds is 12. The molecule has 0 atom stereocenters. The van der Waals surface area contributed by atoms with Gasteiger partial charge in [-0.25, -0.2) is 8.78 Å². The number of likely N-dealkylation sites (N-methyl/N-ethyl adjacent to an activating group) is 1. The van der Waals surface area contributed by atoms with Crippen LogP contribution in [0.1, 0.15) is 11.1 Å². The quantitative estimate of drug-likeness (QED) is 0.192. The molecule has 0 saturated heterocycles. The largest absolute Gasteiger partial charge is 0.503 e. The number of amides is 4. The Bertz CT molecular complexity index is 2070. The minimum Gasteiger partial charge on any atom is -0.503 e. The number of carbonyl (C=O) groups is 4. The Hall–Kier alpha value is -6.70. The molecule has 12 nitrogen and oxygen atoms in total. The third-order valence-electron chi connectivity index (χ3n) is 7.83. The Morgan fingerprint density at radius 1 is 0.725 bits per heavy atom. The van der Waals surface area contributed by atoms with E-state index in [9.17, 15) is 33.1 Å². The predicted molar refractivity (Wildman–Crippen MR) is 177 cm³/mol. The molecule has 0 aromatic heterocycles. The summed E-state index contributed by atoms with van der Waals surface area (Å²) in [5, 5.41) is 16.4. The number of nitrogens with one attached hydrogen (secondary N) is 2. The van der Waals surface area contributed by atoms with Crippen molar-refractivity contribution in [3.8, 4) is 23.0 Å². The maximum absolute atomic E-state index is 13.9. The van der Waals surface area contributed by atoms with Crippen LogP contribution in [0.25, 0.3) is 0 Å². The molecule has 51 heavy (non-hydrogen) atoms. The maximum atomic E-state index is 13.9. The maximum Gasteiger partial charge on any atom is 0.322 e. The molecule has 0 saturated carbocycles. The fourth-order valence-corrected chi connectivity index (χ4v) is 5.10. The molecule has 0 aliphatic carbocycles. The van der Waals surface area contributed by atoms with Crippen molar-refractivity contribution in [2.45, 2.75) is 13.1 Å². The molecule has 0 unspecified atom stereocenters. The van der Waals surface area contributed by atoms with Crippen LogP contribution in [-0.2, 0) is 37.1 Å². The van der Waals surface area contributed by atoms with Crippen LogP contribution in [0.4, 0.5) is 8.78 Å². The average molecular weight is 697 g/mol. The number of benzene rings is 4. The first kappa shape index (κ1) is 34.2. The van der Waals surface area contributed by atoms with Gasteiger partial charge in [0.05, 0.1) is 24.2 Å². The lowest BCUT2D eigenvalue weighted by Gasteiger charge is -2.18. The zero-order chi connectivity index (χ0) is 36.1. The van der Waals surface area contributed by atoms with E-state index in [0.29, 0.717) is 33.4 Å². The van der Waals surface area contributed by atoms with E-state index in [4.69, 9.17) is 14.3 Å². The summed E-state index contributed by atoms with van der Waals surface area (Å²) in [5.41, 5.74) is 0.994. The number of hydrogen-bond acceptors (Lipinski definition) is 8. The van der Waals surface area contributed by atoms with Gasteiger partial charge in [-0.05, 0) is 59.7 Å². The Kier molecular flexibility index (Phi) is 9.93. The number of nitrogens with zero attached hydrogens (tertiary/aromatic N) is 2. The Labute approximate surface area is 290 Å². The highest BCUT2D eigenvalue weighted by Gasteiger charge is 2.41. The van der Waals surface area contributed by atoms with Gasteiger partial charge in [0.1, 0.15) is 23.1 Å².